The van der Waals surface area contributed by atoms with Gasteiger partial charge in [-0.1, -0.05) is 47.7 Å². The Kier molecular flexibility index (Phi) is 5.90. The molecule has 6 nitrogen and oxygen atoms in total. The van der Waals surface area contributed by atoms with E-state index in [1.807, 2.05) is 55.6 Å². The predicted octanol–water partition coefficient (Wildman–Crippen LogP) is 4.21. The van der Waals surface area contributed by atoms with Gasteiger partial charge in [-0.15, -0.1) is 0 Å². The topological polar surface area (TPSA) is 74.8 Å². The van der Waals surface area contributed by atoms with Crippen molar-refractivity contribution in [3.63, 3.8) is 0 Å². The minimum atomic E-state index is -0.510. The molecule has 154 valence electrons. The first-order valence-electron chi connectivity index (χ1n) is 9.80. The van der Waals surface area contributed by atoms with E-state index in [2.05, 4.69) is 11.1 Å². The van der Waals surface area contributed by atoms with Crippen LogP contribution < -0.4 is 0 Å². The summed E-state index contributed by atoms with van der Waals surface area (Å²) in [4.78, 5) is 34.5. The number of rotatable bonds is 6. The number of thioether (sulfide) groups is 1. The van der Waals surface area contributed by atoms with Crippen LogP contribution in [0.15, 0.2) is 59.7 Å². The van der Waals surface area contributed by atoms with Crippen LogP contribution in [0.25, 0.3) is 10.9 Å². The van der Waals surface area contributed by atoms with Gasteiger partial charge in [-0.05, 0) is 37.1 Å². The van der Waals surface area contributed by atoms with Gasteiger partial charge >= 0.3 is 5.97 Å². The summed E-state index contributed by atoms with van der Waals surface area (Å²) in [7, 11) is 1.34. The standard InChI is InChI=1S/C23H23N3O3S/c1-15-7-9-17(10-8-15)25-23-26(22(28)20(30-23)13-21(27)29-2)12-11-16-14-24-19-6-4-3-5-18(16)19/h3-10,14,20,24H,11-13H2,1-2H3. The van der Waals surface area contributed by atoms with Crippen LogP contribution in [0.2, 0.25) is 0 Å². The van der Waals surface area contributed by atoms with E-state index >= 15 is 0 Å². The van der Waals surface area contributed by atoms with Gasteiger partial charge in [-0.2, -0.15) is 0 Å². The molecule has 1 aliphatic rings. The zero-order valence-electron chi connectivity index (χ0n) is 16.9. The summed E-state index contributed by atoms with van der Waals surface area (Å²) >= 11 is 1.33. The van der Waals surface area contributed by atoms with E-state index < -0.39 is 11.2 Å². The van der Waals surface area contributed by atoms with E-state index in [9.17, 15) is 9.59 Å². The summed E-state index contributed by atoms with van der Waals surface area (Å²) in [5.41, 5.74) is 4.15. The number of carbonyl (C=O) groups is 2. The first-order chi connectivity index (χ1) is 14.5. The molecular weight excluding hydrogens is 398 g/mol. The highest BCUT2D eigenvalue weighted by Gasteiger charge is 2.39. The molecule has 0 saturated carbocycles. The summed E-state index contributed by atoms with van der Waals surface area (Å²) in [5.74, 6) is -0.495. The molecule has 0 bridgehead atoms. The molecule has 2 aromatic carbocycles. The molecule has 1 N–H and O–H groups in total. The number of methoxy groups -OCH3 is 1. The smallest absolute Gasteiger partial charge is 0.307 e. The van der Waals surface area contributed by atoms with Gasteiger partial charge in [0.2, 0.25) is 5.91 Å². The van der Waals surface area contributed by atoms with E-state index in [-0.39, 0.29) is 12.3 Å². The van der Waals surface area contributed by atoms with Crippen molar-refractivity contribution in [2.45, 2.75) is 25.0 Å². The van der Waals surface area contributed by atoms with Crippen LogP contribution >= 0.6 is 11.8 Å². The van der Waals surface area contributed by atoms with Gasteiger partial charge in [0.25, 0.3) is 0 Å². The Bertz CT molecular complexity index is 1100. The van der Waals surface area contributed by atoms with Crippen molar-refractivity contribution in [1.82, 2.24) is 9.88 Å². The number of hydrogen-bond acceptors (Lipinski definition) is 5. The molecule has 30 heavy (non-hydrogen) atoms. The van der Waals surface area contributed by atoms with Crippen LogP contribution in [0.5, 0.6) is 0 Å². The van der Waals surface area contributed by atoms with Crippen LogP contribution in [0.4, 0.5) is 5.69 Å². The van der Waals surface area contributed by atoms with Crippen molar-refractivity contribution < 1.29 is 14.3 Å². The van der Waals surface area contributed by atoms with Crippen molar-refractivity contribution in [3.8, 4) is 0 Å². The number of aliphatic imine (C=N–C) groups is 1. The summed E-state index contributed by atoms with van der Waals surface area (Å²) in [5, 5.41) is 1.27. The van der Waals surface area contributed by atoms with Crippen LogP contribution in [0, 0.1) is 6.92 Å². The van der Waals surface area contributed by atoms with Gasteiger partial charge < -0.3 is 9.72 Å². The first kappa shape index (κ1) is 20.2. The Morgan fingerprint density at radius 2 is 1.97 bits per heavy atom. The fourth-order valence-electron chi connectivity index (χ4n) is 3.47. The minimum Gasteiger partial charge on any atom is -0.469 e. The lowest BCUT2D eigenvalue weighted by Gasteiger charge is -2.16. The normalized spacial score (nSPS) is 17.8. The van der Waals surface area contributed by atoms with Crippen molar-refractivity contribution >= 4 is 45.4 Å². The highest BCUT2D eigenvalue weighted by Crippen LogP contribution is 2.32. The number of hydrogen-bond donors (Lipinski definition) is 1. The Balaban J connectivity index is 1.58. The van der Waals surface area contributed by atoms with E-state index in [1.54, 1.807) is 4.90 Å². The highest BCUT2D eigenvalue weighted by molar-refractivity contribution is 8.15. The maximum absolute atomic E-state index is 13.0. The summed E-state index contributed by atoms with van der Waals surface area (Å²) in [6, 6.07) is 15.9. The highest BCUT2D eigenvalue weighted by atomic mass is 32.2. The molecule has 1 fully saturated rings. The third-order valence-electron chi connectivity index (χ3n) is 5.14. The number of amides is 1. The molecule has 1 unspecified atom stereocenters. The maximum atomic E-state index is 13.0. The number of amidine groups is 1. The second-order valence-electron chi connectivity index (χ2n) is 7.22. The lowest BCUT2D eigenvalue weighted by atomic mass is 10.1. The molecule has 0 radical (unpaired) electrons. The largest absolute Gasteiger partial charge is 0.469 e. The van der Waals surface area contributed by atoms with Crippen molar-refractivity contribution in [2.75, 3.05) is 13.7 Å². The molecule has 2 heterocycles. The molecule has 0 aliphatic carbocycles. The molecule has 1 saturated heterocycles. The molecular formula is C23H23N3O3S. The Morgan fingerprint density at radius 1 is 1.20 bits per heavy atom. The third kappa shape index (κ3) is 4.26. The zero-order valence-corrected chi connectivity index (χ0v) is 17.7. The molecule has 4 rings (SSSR count). The number of carbonyl (C=O) groups excluding carboxylic acids is 2. The van der Waals surface area contributed by atoms with Crippen molar-refractivity contribution in [2.24, 2.45) is 4.99 Å². The zero-order chi connectivity index (χ0) is 21.1. The summed E-state index contributed by atoms with van der Waals surface area (Å²) < 4.78 is 4.76. The number of nitrogens with one attached hydrogen (secondary N) is 1. The number of esters is 1. The summed E-state index contributed by atoms with van der Waals surface area (Å²) in [6.07, 6.45) is 2.71. The molecule has 7 heteroatoms. The predicted molar refractivity (Wildman–Crippen MR) is 120 cm³/mol. The lowest BCUT2D eigenvalue weighted by molar-refractivity contribution is -0.142. The van der Waals surface area contributed by atoms with Crippen LogP contribution in [-0.2, 0) is 20.7 Å². The molecule has 1 aromatic heterocycles. The second-order valence-corrected chi connectivity index (χ2v) is 8.39. The molecule has 1 atom stereocenters. The number of H-pyrrole nitrogens is 1. The van der Waals surface area contributed by atoms with Gasteiger partial charge in [0.1, 0.15) is 5.25 Å². The quantitative estimate of drug-likeness (QED) is 0.605. The number of fused-ring (bicyclic) bond motifs is 1. The SMILES string of the molecule is COC(=O)CC1SC(=Nc2ccc(C)cc2)N(CCc2c[nH]c3ccccc23)C1=O. The number of nitrogens with zero attached hydrogens (tertiary/aromatic N) is 2. The van der Waals surface area contributed by atoms with E-state index in [1.165, 1.54) is 18.9 Å². The van der Waals surface area contributed by atoms with E-state index in [4.69, 9.17) is 9.73 Å². The van der Waals surface area contributed by atoms with Gasteiger partial charge in [0.05, 0.1) is 19.2 Å². The number of ether oxygens (including phenoxy) is 1. The number of aryl methyl sites for hydroxylation is 1. The molecule has 0 spiro atoms. The summed E-state index contributed by atoms with van der Waals surface area (Å²) in [6.45, 7) is 2.51. The van der Waals surface area contributed by atoms with Crippen molar-refractivity contribution in [3.05, 3.63) is 65.9 Å². The number of para-hydroxylation sites is 1. The van der Waals surface area contributed by atoms with Crippen LogP contribution in [0.1, 0.15) is 17.5 Å². The number of benzene rings is 2. The monoisotopic (exact) mass is 421 g/mol. The van der Waals surface area contributed by atoms with Gasteiger partial charge in [-0.3, -0.25) is 14.5 Å². The minimum absolute atomic E-state index is 0.0382. The fourth-order valence-corrected chi connectivity index (χ4v) is 4.63. The third-order valence-corrected chi connectivity index (χ3v) is 6.31. The molecule has 1 amide bonds. The molecule has 3 aromatic rings. The van der Waals surface area contributed by atoms with Crippen molar-refractivity contribution in [1.29, 1.82) is 0 Å². The van der Waals surface area contributed by atoms with E-state index in [0.29, 0.717) is 18.1 Å². The first-order valence-corrected chi connectivity index (χ1v) is 10.7. The number of aromatic nitrogens is 1. The average Bonchev–Trinajstić information content (AvgIpc) is 3.29. The van der Waals surface area contributed by atoms with E-state index in [0.717, 1.165) is 27.7 Å². The fraction of sp³-hybridized carbons (Fsp3) is 0.261. The maximum Gasteiger partial charge on any atom is 0.307 e. The Hall–Kier alpha value is -3.06. The van der Waals surface area contributed by atoms with Gasteiger partial charge in [0, 0.05) is 23.6 Å². The molecule has 1 aliphatic heterocycles. The average molecular weight is 422 g/mol. The number of aromatic amines is 1. The van der Waals surface area contributed by atoms with Crippen LogP contribution in [0.3, 0.4) is 0 Å². The lowest BCUT2D eigenvalue weighted by Crippen LogP contribution is -2.34. The van der Waals surface area contributed by atoms with Crippen LogP contribution in [-0.4, -0.2) is 45.8 Å². The Labute approximate surface area is 179 Å². The Morgan fingerprint density at radius 3 is 2.73 bits per heavy atom. The van der Waals surface area contributed by atoms with Gasteiger partial charge in [-0.25, -0.2) is 4.99 Å². The second kappa shape index (κ2) is 8.75. The van der Waals surface area contributed by atoms with Gasteiger partial charge in [0.15, 0.2) is 5.17 Å².